The molecule has 1 aromatic carbocycles. The normalized spacial score (nSPS) is 15.9. The fourth-order valence-electron chi connectivity index (χ4n) is 1.76. The summed E-state index contributed by atoms with van der Waals surface area (Å²) >= 11 is 2.95. The number of halogens is 3. The Kier molecular flexibility index (Phi) is 3.44. The molecule has 1 aliphatic heterocycles. The van der Waals surface area contributed by atoms with Gasteiger partial charge >= 0.3 is 0 Å². The fraction of sp³-hybridized carbons (Fsp3) is 0.364. The third kappa shape index (κ3) is 2.32. The van der Waals surface area contributed by atoms with Gasteiger partial charge in [-0.15, -0.1) is 0 Å². The molecule has 0 bridgehead atoms. The van der Waals surface area contributed by atoms with E-state index in [4.69, 9.17) is 5.11 Å². The minimum Gasteiger partial charge on any atom is -0.396 e. The van der Waals surface area contributed by atoms with Gasteiger partial charge in [0.15, 0.2) is 0 Å². The Hall–Kier alpha value is -1.01. The fourth-order valence-corrected chi connectivity index (χ4v) is 2.16. The molecule has 92 valence electrons. The second kappa shape index (κ2) is 4.70. The summed E-state index contributed by atoms with van der Waals surface area (Å²) in [5, 5.41) is 8.81. The average Bonchev–Trinajstić information content (AvgIpc) is 2.13. The van der Waals surface area contributed by atoms with Gasteiger partial charge in [-0.3, -0.25) is 4.79 Å². The molecule has 0 spiro atoms. The summed E-state index contributed by atoms with van der Waals surface area (Å²) < 4.78 is 27.2. The van der Waals surface area contributed by atoms with E-state index in [1.54, 1.807) is 0 Å². The minimum atomic E-state index is -0.880. The Labute approximate surface area is 105 Å². The number of aliphatic hydroxyl groups excluding tert-OH is 1. The highest BCUT2D eigenvalue weighted by atomic mass is 79.9. The smallest absolute Gasteiger partial charge is 0.259 e. The predicted octanol–water partition coefficient (Wildman–Crippen LogP) is 1.79. The lowest BCUT2D eigenvalue weighted by molar-refractivity contribution is 0.0353. The van der Waals surface area contributed by atoms with Crippen LogP contribution in [0.2, 0.25) is 0 Å². The molecule has 0 unspecified atom stereocenters. The first-order valence-corrected chi connectivity index (χ1v) is 5.87. The number of aliphatic hydroxyl groups is 1. The van der Waals surface area contributed by atoms with Crippen LogP contribution in [0.1, 0.15) is 10.4 Å². The Morgan fingerprint density at radius 3 is 2.41 bits per heavy atom. The van der Waals surface area contributed by atoms with Crippen LogP contribution in [0.15, 0.2) is 16.6 Å². The minimum absolute atomic E-state index is 0.0144. The van der Waals surface area contributed by atoms with E-state index in [2.05, 4.69) is 15.9 Å². The van der Waals surface area contributed by atoms with Crippen LogP contribution in [0.3, 0.4) is 0 Å². The molecular formula is C11H10BrF2NO2. The number of likely N-dealkylation sites (tertiary alicyclic amines) is 1. The summed E-state index contributed by atoms with van der Waals surface area (Å²) in [7, 11) is 0. The largest absolute Gasteiger partial charge is 0.396 e. The molecule has 0 aliphatic carbocycles. The van der Waals surface area contributed by atoms with Crippen LogP contribution in [-0.4, -0.2) is 35.6 Å². The third-order valence-electron chi connectivity index (χ3n) is 2.72. The molecule has 1 aromatic rings. The van der Waals surface area contributed by atoms with Crippen LogP contribution in [0.4, 0.5) is 8.78 Å². The number of nitrogens with zero attached hydrogens (tertiary/aromatic N) is 1. The summed E-state index contributed by atoms with van der Waals surface area (Å²) in [4.78, 5) is 13.1. The SMILES string of the molecule is O=C(c1c(F)cc(Br)cc1F)N1CC(CO)C1. The summed E-state index contributed by atoms with van der Waals surface area (Å²) in [5.41, 5.74) is -0.537. The monoisotopic (exact) mass is 305 g/mol. The van der Waals surface area contributed by atoms with Crippen molar-refractivity contribution in [3.05, 3.63) is 33.8 Å². The molecule has 17 heavy (non-hydrogen) atoms. The van der Waals surface area contributed by atoms with E-state index in [1.807, 2.05) is 0 Å². The maximum Gasteiger partial charge on any atom is 0.259 e. The molecule has 1 N–H and O–H groups in total. The average molecular weight is 306 g/mol. The second-order valence-corrected chi connectivity index (χ2v) is 4.92. The van der Waals surface area contributed by atoms with E-state index in [0.717, 1.165) is 12.1 Å². The van der Waals surface area contributed by atoms with Gasteiger partial charge in [0.1, 0.15) is 17.2 Å². The van der Waals surface area contributed by atoms with Crippen molar-refractivity contribution in [1.29, 1.82) is 0 Å². The molecule has 2 rings (SSSR count). The molecule has 0 radical (unpaired) electrons. The zero-order valence-corrected chi connectivity index (χ0v) is 10.4. The lowest BCUT2D eigenvalue weighted by Crippen LogP contribution is -2.51. The number of hydrogen-bond acceptors (Lipinski definition) is 2. The first kappa shape index (κ1) is 12.4. The van der Waals surface area contributed by atoms with Gasteiger partial charge in [0.25, 0.3) is 5.91 Å². The van der Waals surface area contributed by atoms with Crippen molar-refractivity contribution in [3.8, 4) is 0 Å². The standard InChI is InChI=1S/C11H10BrF2NO2/c12-7-1-8(13)10(9(14)2-7)11(17)15-3-6(4-15)5-16/h1-2,6,16H,3-5H2. The second-order valence-electron chi connectivity index (χ2n) is 4.00. The van der Waals surface area contributed by atoms with Gasteiger partial charge in [0.2, 0.25) is 0 Å². The zero-order valence-electron chi connectivity index (χ0n) is 8.79. The maximum absolute atomic E-state index is 13.5. The van der Waals surface area contributed by atoms with Crippen molar-refractivity contribution < 1.29 is 18.7 Å². The number of amides is 1. The van der Waals surface area contributed by atoms with Crippen molar-refractivity contribution in [2.75, 3.05) is 19.7 Å². The predicted molar refractivity (Wildman–Crippen MR) is 60.5 cm³/mol. The highest BCUT2D eigenvalue weighted by molar-refractivity contribution is 9.10. The van der Waals surface area contributed by atoms with Crippen molar-refractivity contribution in [1.82, 2.24) is 4.90 Å². The molecule has 1 aliphatic rings. The Morgan fingerprint density at radius 2 is 1.94 bits per heavy atom. The van der Waals surface area contributed by atoms with Gasteiger partial charge in [-0.1, -0.05) is 15.9 Å². The van der Waals surface area contributed by atoms with E-state index in [0.29, 0.717) is 13.1 Å². The van der Waals surface area contributed by atoms with Crippen molar-refractivity contribution in [3.63, 3.8) is 0 Å². The van der Waals surface area contributed by atoms with Gasteiger partial charge in [0, 0.05) is 30.1 Å². The molecule has 1 saturated heterocycles. The number of carbonyl (C=O) groups is 1. The lowest BCUT2D eigenvalue weighted by atomic mass is 10.00. The van der Waals surface area contributed by atoms with E-state index in [1.165, 1.54) is 4.90 Å². The summed E-state index contributed by atoms with van der Waals surface area (Å²) in [5.74, 6) is -2.42. The van der Waals surface area contributed by atoms with Gasteiger partial charge in [-0.05, 0) is 12.1 Å². The van der Waals surface area contributed by atoms with Gasteiger partial charge in [-0.2, -0.15) is 0 Å². The molecular weight excluding hydrogens is 296 g/mol. The van der Waals surface area contributed by atoms with E-state index in [9.17, 15) is 13.6 Å². The molecule has 1 amide bonds. The van der Waals surface area contributed by atoms with Crippen molar-refractivity contribution in [2.24, 2.45) is 5.92 Å². The molecule has 0 atom stereocenters. The lowest BCUT2D eigenvalue weighted by Gasteiger charge is -2.38. The van der Waals surface area contributed by atoms with Crippen LogP contribution >= 0.6 is 15.9 Å². The quantitative estimate of drug-likeness (QED) is 0.905. The topological polar surface area (TPSA) is 40.5 Å². The molecule has 0 aromatic heterocycles. The summed E-state index contributed by atoms with van der Waals surface area (Å²) in [6.45, 7) is 0.656. The Balaban J connectivity index is 2.21. The van der Waals surface area contributed by atoms with Crippen LogP contribution in [-0.2, 0) is 0 Å². The first-order valence-electron chi connectivity index (χ1n) is 5.07. The molecule has 0 saturated carbocycles. The van der Waals surface area contributed by atoms with Crippen LogP contribution in [0.5, 0.6) is 0 Å². The molecule has 3 nitrogen and oxygen atoms in total. The van der Waals surface area contributed by atoms with Crippen molar-refractivity contribution in [2.45, 2.75) is 0 Å². The first-order chi connectivity index (χ1) is 8.02. The van der Waals surface area contributed by atoms with Gasteiger partial charge < -0.3 is 10.0 Å². The van der Waals surface area contributed by atoms with Crippen LogP contribution in [0, 0.1) is 17.6 Å². The molecule has 6 heteroatoms. The van der Waals surface area contributed by atoms with Gasteiger partial charge in [-0.25, -0.2) is 8.78 Å². The summed E-state index contributed by atoms with van der Waals surface area (Å²) in [6.07, 6.45) is 0. The van der Waals surface area contributed by atoms with Gasteiger partial charge in [0.05, 0.1) is 0 Å². The highest BCUT2D eigenvalue weighted by Crippen LogP contribution is 2.24. The highest BCUT2D eigenvalue weighted by Gasteiger charge is 2.33. The third-order valence-corrected chi connectivity index (χ3v) is 3.18. The van der Waals surface area contributed by atoms with E-state index in [-0.39, 0.29) is 17.0 Å². The van der Waals surface area contributed by atoms with E-state index < -0.39 is 23.1 Å². The number of hydrogen-bond donors (Lipinski definition) is 1. The summed E-state index contributed by atoms with van der Waals surface area (Å²) in [6, 6.07) is 2.11. The number of rotatable bonds is 2. The molecule has 1 fully saturated rings. The number of benzene rings is 1. The van der Waals surface area contributed by atoms with Crippen molar-refractivity contribution >= 4 is 21.8 Å². The molecule has 1 heterocycles. The van der Waals surface area contributed by atoms with Crippen LogP contribution < -0.4 is 0 Å². The number of carbonyl (C=O) groups excluding carboxylic acids is 1. The Bertz CT molecular complexity index is 438. The zero-order chi connectivity index (χ0) is 12.6. The maximum atomic E-state index is 13.5. The van der Waals surface area contributed by atoms with Crippen LogP contribution in [0.25, 0.3) is 0 Å². The Morgan fingerprint density at radius 1 is 1.41 bits per heavy atom. The van der Waals surface area contributed by atoms with E-state index >= 15 is 0 Å².